The van der Waals surface area contributed by atoms with Gasteiger partial charge in [-0.1, -0.05) is 13.3 Å². The van der Waals surface area contributed by atoms with Crippen molar-refractivity contribution >= 4 is 17.7 Å². The first-order valence-corrected chi connectivity index (χ1v) is 11.0. The first kappa shape index (κ1) is 22.8. The van der Waals surface area contributed by atoms with E-state index in [-0.39, 0.29) is 17.0 Å². The van der Waals surface area contributed by atoms with Crippen LogP contribution in [-0.4, -0.2) is 59.7 Å². The fraction of sp³-hybridized carbons (Fsp3) is 0.950. The Morgan fingerprint density at radius 1 is 1.12 bits per heavy atom. The molecule has 0 spiro atoms. The number of piperidine rings is 1. The lowest BCUT2D eigenvalue weighted by Crippen LogP contribution is -2.62. The number of hydrogen-bond acceptors (Lipinski definition) is 5. The van der Waals surface area contributed by atoms with Gasteiger partial charge in [0.1, 0.15) is 0 Å². The third-order valence-corrected chi connectivity index (χ3v) is 5.97. The quantitative estimate of drug-likeness (QED) is 0.437. The van der Waals surface area contributed by atoms with Crippen LogP contribution in [-0.2, 0) is 9.53 Å². The number of carbonyl (C=O) groups is 1. The summed E-state index contributed by atoms with van der Waals surface area (Å²) in [6, 6.07) is 0.665. The Kier molecular flexibility index (Phi) is 9.83. The van der Waals surface area contributed by atoms with Gasteiger partial charge in [-0.05, 0) is 72.2 Å². The van der Waals surface area contributed by atoms with Crippen molar-refractivity contribution in [1.29, 1.82) is 0 Å². The molecule has 1 fully saturated rings. The molecule has 1 heterocycles. The highest BCUT2D eigenvalue weighted by atomic mass is 32.2. The second-order valence-corrected chi connectivity index (χ2v) is 9.86. The summed E-state index contributed by atoms with van der Waals surface area (Å²) in [5.74, 6) is 1.89. The molecule has 0 aromatic heterocycles. The van der Waals surface area contributed by atoms with Crippen molar-refractivity contribution < 1.29 is 9.53 Å². The van der Waals surface area contributed by atoms with E-state index >= 15 is 0 Å². The van der Waals surface area contributed by atoms with Crippen LogP contribution < -0.4 is 5.32 Å². The summed E-state index contributed by atoms with van der Waals surface area (Å²) < 4.78 is 4.69. The molecule has 0 aliphatic carbocycles. The van der Waals surface area contributed by atoms with Crippen LogP contribution >= 0.6 is 11.8 Å². The molecule has 1 saturated heterocycles. The third-order valence-electron chi connectivity index (χ3n) is 4.90. The highest BCUT2D eigenvalue weighted by Crippen LogP contribution is 2.32. The Balaban J connectivity index is 2.46. The molecule has 0 amide bonds. The maximum absolute atomic E-state index is 11.1. The maximum Gasteiger partial charge on any atom is 0.306 e. The van der Waals surface area contributed by atoms with Gasteiger partial charge in [0.05, 0.1) is 13.5 Å². The van der Waals surface area contributed by atoms with Gasteiger partial charge in [0.15, 0.2) is 0 Å². The molecule has 0 atom stereocenters. The fourth-order valence-electron chi connectivity index (χ4n) is 4.09. The number of unbranched alkanes of at least 4 members (excludes halogenated alkanes) is 1. The van der Waals surface area contributed by atoms with Crippen molar-refractivity contribution in [1.82, 2.24) is 10.2 Å². The van der Waals surface area contributed by atoms with Gasteiger partial charge < -0.3 is 15.0 Å². The molecule has 0 radical (unpaired) electrons. The van der Waals surface area contributed by atoms with Crippen molar-refractivity contribution in [3.63, 3.8) is 0 Å². The standard InChI is InChI=1S/C20H40N2O2S/c1-7-8-11-22(12-9-13-25-14-10-18(23)24-6)17-15-19(2,3)21-20(4,5)16-17/h17,21H,7-16H2,1-6H3. The van der Waals surface area contributed by atoms with E-state index in [0.29, 0.717) is 12.5 Å². The second kappa shape index (κ2) is 10.8. The second-order valence-electron chi connectivity index (χ2n) is 8.64. The van der Waals surface area contributed by atoms with E-state index in [2.05, 4.69) is 44.8 Å². The molecule has 0 saturated carbocycles. The van der Waals surface area contributed by atoms with E-state index in [1.165, 1.54) is 52.3 Å². The Labute approximate surface area is 159 Å². The lowest BCUT2D eigenvalue weighted by molar-refractivity contribution is -0.140. The summed E-state index contributed by atoms with van der Waals surface area (Å²) in [6.07, 6.45) is 6.69. The molecule has 0 bridgehead atoms. The maximum atomic E-state index is 11.1. The number of methoxy groups -OCH3 is 1. The van der Waals surface area contributed by atoms with Crippen molar-refractivity contribution in [2.45, 2.75) is 90.3 Å². The molecule has 0 aromatic rings. The monoisotopic (exact) mass is 372 g/mol. The Bertz CT molecular complexity index is 383. The average Bonchev–Trinajstić information content (AvgIpc) is 2.50. The smallest absolute Gasteiger partial charge is 0.306 e. The molecular weight excluding hydrogens is 332 g/mol. The van der Waals surface area contributed by atoms with Gasteiger partial charge in [0.2, 0.25) is 0 Å². The molecule has 4 nitrogen and oxygen atoms in total. The molecule has 25 heavy (non-hydrogen) atoms. The van der Waals surface area contributed by atoms with Crippen LogP contribution in [0.25, 0.3) is 0 Å². The van der Waals surface area contributed by atoms with Crippen molar-refractivity contribution in [2.24, 2.45) is 0 Å². The Morgan fingerprint density at radius 2 is 1.72 bits per heavy atom. The van der Waals surface area contributed by atoms with Crippen LogP contribution in [0.1, 0.15) is 73.1 Å². The largest absolute Gasteiger partial charge is 0.469 e. The van der Waals surface area contributed by atoms with Gasteiger partial charge in [-0.15, -0.1) is 0 Å². The minimum absolute atomic E-state index is 0.101. The lowest BCUT2D eigenvalue weighted by Gasteiger charge is -2.50. The molecule has 0 aromatic carbocycles. The van der Waals surface area contributed by atoms with Gasteiger partial charge in [-0.2, -0.15) is 11.8 Å². The van der Waals surface area contributed by atoms with Crippen molar-refractivity contribution in [3.05, 3.63) is 0 Å². The zero-order valence-corrected chi connectivity index (χ0v) is 18.1. The van der Waals surface area contributed by atoms with Crippen LogP contribution in [0.3, 0.4) is 0 Å². The van der Waals surface area contributed by atoms with Crippen LogP contribution in [0.4, 0.5) is 0 Å². The minimum atomic E-state index is -0.101. The van der Waals surface area contributed by atoms with Crippen LogP contribution in [0.2, 0.25) is 0 Å². The summed E-state index contributed by atoms with van der Waals surface area (Å²) in [5.41, 5.74) is 0.401. The van der Waals surface area contributed by atoms with E-state index in [4.69, 9.17) is 4.74 Å². The minimum Gasteiger partial charge on any atom is -0.469 e. The zero-order valence-electron chi connectivity index (χ0n) is 17.3. The molecule has 5 heteroatoms. The Hall–Kier alpha value is -0.260. The Morgan fingerprint density at radius 3 is 2.28 bits per heavy atom. The predicted molar refractivity (Wildman–Crippen MR) is 109 cm³/mol. The molecule has 148 valence electrons. The van der Waals surface area contributed by atoms with E-state index in [1.54, 1.807) is 0 Å². The average molecular weight is 373 g/mol. The van der Waals surface area contributed by atoms with E-state index in [1.807, 2.05) is 11.8 Å². The molecule has 1 aliphatic rings. The number of esters is 1. The zero-order chi connectivity index (χ0) is 18.9. The topological polar surface area (TPSA) is 41.6 Å². The van der Waals surface area contributed by atoms with Crippen molar-refractivity contribution in [3.8, 4) is 0 Å². The molecule has 1 rings (SSSR count). The summed E-state index contributed by atoms with van der Waals surface area (Å²) >= 11 is 1.87. The van der Waals surface area contributed by atoms with Gasteiger partial charge in [-0.3, -0.25) is 4.79 Å². The van der Waals surface area contributed by atoms with Gasteiger partial charge in [0, 0.05) is 22.9 Å². The molecule has 1 N–H and O–H groups in total. The predicted octanol–water partition coefficient (Wildman–Crippen LogP) is 4.08. The van der Waals surface area contributed by atoms with Crippen LogP contribution in [0.5, 0.6) is 0 Å². The number of carbonyl (C=O) groups excluding carboxylic acids is 1. The normalized spacial score (nSPS) is 20.0. The van der Waals surface area contributed by atoms with Gasteiger partial charge >= 0.3 is 5.97 Å². The summed E-state index contributed by atoms with van der Waals surface area (Å²) in [5, 5.41) is 3.80. The number of thioether (sulfide) groups is 1. The number of hydrogen-bond donors (Lipinski definition) is 1. The van der Waals surface area contributed by atoms with E-state index in [0.717, 1.165) is 11.5 Å². The van der Waals surface area contributed by atoms with Crippen molar-refractivity contribution in [2.75, 3.05) is 31.7 Å². The van der Waals surface area contributed by atoms with E-state index < -0.39 is 0 Å². The number of nitrogens with zero attached hydrogens (tertiary/aromatic N) is 1. The molecular formula is C20H40N2O2S. The van der Waals surface area contributed by atoms with Gasteiger partial charge in [-0.25, -0.2) is 0 Å². The first-order chi connectivity index (χ1) is 11.7. The highest BCUT2D eigenvalue weighted by molar-refractivity contribution is 7.99. The number of rotatable bonds is 11. The molecule has 0 unspecified atom stereocenters. The summed E-state index contributed by atoms with van der Waals surface area (Å²) in [6.45, 7) is 14.0. The van der Waals surface area contributed by atoms with Crippen LogP contribution in [0, 0.1) is 0 Å². The number of ether oxygens (including phenoxy) is 1. The highest BCUT2D eigenvalue weighted by Gasteiger charge is 2.39. The first-order valence-electron chi connectivity index (χ1n) is 9.87. The van der Waals surface area contributed by atoms with E-state index in [9.17, 15) is 4.79 Å². The van der Waals surface area contributed by atoms with Crippen LogP contribution in [0.15, 0.2) is 0 Å². The molecule has 1 aliphatic heterocycles. The third kappa shape index (κ3) is 9.30. The summed E-state index contributed by atoms with van der Waals surface area (Å²) in [4.78, 5) is 13.9. The fourth-order valence-corrected chi connectivity index (χ4v) is 4.94. The lowest BCUT2D eigenvalue weighted by atomic mass is 9.79. The SMILES string of the molecule is CCCCN(CCCSCCC(=O)OC)C1CC(C)(C)NC(C)(C)C1. The summed E-state index contributed by atoms with van der Waals surface area (Å²) in [7, 11) is 1.46. The number of nitrogens with one attached hydrogen (secondary N) is 1. The van der Waals surface area contributed by atoms with Gasteiger partial charge in [0.25, 0.3) is 0 Å².